The number of hydrogen-bond donors (Lipinski definition) is 0. The molecule has 1 aliphatic carbocycles. The Labute approximate surface area is 158 Å². The van der Waals surface area contributed by atoms with Crippen molar-refractivity contribution >= 4 is 17.7 Å². The molecule has 26 heavy (non-hydrogen) atoms. The molecule has 6 heteroatoms. The van der Waals surface area contributed by atoms with Gasteiger partial charge in [-0.3, -0.25) is 4.79 Å². The quantitative estimate of drug-likeness (QED) is 0.803. The van der Waals surface area contributed by atoms with Crippen LogP contribution >= 0.6 is 11.8 Å². The lowest BCUT2D eigenvalue weighted by Crippen LogP contribution is -2.52. The van der Waals surface area contributed by atoms with Crippen LogP contribution in [0.3, 0.4) is 0 Å². The zero-order valence-corrected chi connectivity index (χ0v) is 15.9. The number of rotatable bonds is 3. The van der Waals surface area contributed by atoms with Crippen LogP contribution < -0.4 is 0 Å². The van der Waals surface area contributed by atoms with Crippen LogP contribution in [-0.2, 0) is 11.2 Å². The number of carbonyl (C=O) groups excluding carboxylic acids is 1. The molecular weight excluding hydrogens is 354 g/mol. The molecule has 2 aliphatic heterocycles. The second-order valence-corrected chi connectivity index (χ2v) is 8.83. The third-order valence-corrected chi connectivity index (χ3v) is 7.06. The highest BCUT2D eigenvalue weighted by molar-refractivity contribution is 7.99. The fourth-order valence-corrected chi connectivity index (χ4v) is 5.66. The van der Waals surface area contributed by atoms with Crippen LogP contribution in [0.15, 0.2) is 12.1 Å². The van der Waals surface area contributed by atoms with Crippen LogP contribution in [0.25, 0.3) is 0 Å². The molecule has 0 radical (unpaired) electrons. The fourth-order valence-electron chi connectivity index (χ4n) is 4.61. The second-order valence-electron chi connectivity index (χ2n) is 7.68. The molecular formula is C20H26F2N2OS. The minimum absolute atomic E-state index is 0.112. The van der Waals surface area contributed by atoms with Gasteiger partial charge in [-0.25, -0.2) is 8.78 Å². The summed E-state index contributed by atoms with van der Waals surface area (Å²) in [6.07, 6.45) is 4.80. The summed E-state index contributed by atoms with van der Waals surface area (Å²) in [4.78, 5) is 17.9. The van der Waals surface area contributed by atoms with Crippen molar-refractivity contribution in [2.45, 2.75) is 44.1 Å². The lowest BCUT2D eigenvalue weighted by molar-refractivity contribution is -0.135. The summed E-state index contributed by atoms with van der Waals surface area (Å²) in [5.74, 6) is 0.0722. The van der Waals surface area contributed by atoms with Gasteiger partial charge in [0.2, 0.25) is 5.91 Å². The molecule has 0 bridgehead atoms. The predicted molar refractivity (Wildman–Crippen MR) is 101 cm³/mol. The highest BCUT2D eigenvalue weighted by atomic mass is 32.2. The van der Waals surface area contributed by atoms with Gasteiger partial charge >= 0.3 is 0 Å². The Balaban J connectivity index is 1.55. The zero-order valence-electron chi connectivity index (χ0n) is 15.1. The Morgan fingerprint density at radius 2 is 1.88 bits per heavy atom. The summed E-state index contributed by atoms with van der Waals surface area (Å²) in [6, 6.07) is 2.79. The first-order chi connectivity index (χ1) is 12.6. The molecule has 2 fully saturated rings. The number of thioether (sulfide) groups is 1. The van der Waals surface area contributed by atoms with E-state index in [1.54, 1.807) is 0 Å². The lowest BCUT2D eigenvalue weighted by Gasteiger charge is -2.40. The van der Waals surface area contributed by atoms with E-state index < -0.39 is 11.6 Å². The highest BCUT2D eigenvalue weighted by Crippen LogP contribution is 2.35. The van der Waals surface area contributed by atoms with E-state index in [1.807, 2.05) is 16.7 Å². The van der Waals surface area contributed by atoms with Crippen molar-refractivity contribution in [1.82, 2.24) is 9.80 Å². The molecule has 2 unspecified atom stereocenters. The van der Waals surface area contributed by atoms with Gasteiger partial charge in [-0.2, -0.15) is 11.8 Å². The number of halogens is 2. The van der Waals surface area contributed by atoms with Gasteiger partial charge in [-0.1, -0.05) is 0 Å². The van der Waals surface area contributed by atoms with Crippen molar-refractivity contribution in [2.75, 3.05) is 37.7 Å². The van der Waals surface area contributed by atoms with Gasteiger partial charge in [-0.05, 0) is 68.5 Å². The van der Waals surface area contributed by atoms with Crippen molar-refractivity contribution in [3.8, 4) is 0 Å². The fraction of sp³-hybridized carbons (Fsp3) is 0.650. The molecule has 0 saturated carbocycles. The maximum Gasteiger partial charge on any atom is 0.230 e. The summed E-state index contributed by atoms with van der Waals surface area (Å²) < 4.78 is 27.4. The zero-order chi connectivity index (χ0) is 18.1. The molecule has 3 nitrogen and oxygen atoms in total. The van der Waals surface area contributed by atoms with Crippen molar-refractivity contribution in [3.63, 3.8) is 0 Å². The van der Waals surface area contributed by atoms with Crippen molar-refractivity contribution < 1.29 is 13.6 Å². The largest absolute Gasteiger partial charge is 0.336 e. The monoisotopic (exact) mass is 380 g/mol. The summed E-state index contributed by atoms with van der Waals surface area (Å²) in [5.41, 5.74) is 1.51. The number of carbonyl (C=O) groups is 1. The molecule has 0 aromatic heterocycles. The van der Waals surface area contributed by atoms with E-state index in [0.29, 0.717) is 5.56 Å². The second kappa shape index (κ2) is 7.85. The number of likely N-dealkylation sites (tertiary alicyclic amines) is 1. The molecule has 0 spiro atoms. The summed E-state index contributed by atoms with van der Waals surface area (Å²) in [7, 11) is 0. The minimum Gasteiger partial charge on any atom is -0.336 e. The minimum atomic E-state index is -0.841. The van der Waals surface area contributed by atoms with Gasteiger partial charge in [0.15, 0.2) is 11.6 Å². The standard InChI is InChI=1S/C20H26F2N2OS/c21-18-10-14-4-3-5-16(17(14)11-19(18)22)20(25)24-8-9-26-13-15(24)12-23-6-1-2-7-23/h10-11,15-16H,1-9,12-13H2. The number of aryl methyl sites for hydroxylation is 1. The number of benzene rings is 1. The molecule has 2 saturated heterocycles. The van der Waals surface area contributed by atoms with Crippen LogP contribution in [0.1, 0.15) is 42.7 Å². The van der Waals surface area contributed by atoms with E-state index in [1.165, 1.54) is 25.0 Å². The van der Waals surface area contributed by atoms with Crippen molar-refractivity contribution in [1.29, 1.82) is 0 Å². The number of hydrogen-bond acceptors (Lipinski definition) is 3. The Morgan fingerprint density at radius 1 is 1.12 bits per heavy atom. The molecule has 1 aromatic rings. The molecule has 0 N–H and O–H groups in total. The van der Waals surface area contributed by atoms with Crippen LogP contribution in [0.2, 0.25) is 0 Å². The van der Waals surface area contributed by atoms with Gasteiger partial charge in [0.25, 0.3) is 0 Å². The molecule has 2 atom stereocenters. The normalized spacial score (nSPS) is 26.8. The van der Waals surface area contributed by atoms with Crippen LogP contribution in [0.4, 0.5) is 8.78 Å². The third-order valence-electron chi connectivity index (χ3n) is 5.97. The van der Waals surface area contributed by atoms with Crippen LogP contribution in [0, 0.1) is 11.6 Å². The van der Waals surface area contributed by atoms with Crippen LogP contribution in [0.5, 0.6) is 0 Å². The van der Waals surface area contributed by atoms with Gasteiger partial charge < -0.3 is 9.80 Å². The molecule has 1 aromatic carbocycles. The van der Waals surface area contributed by atoms with Gasteiger partial charge in [-0.15, -0.1) is 0 Å². The van der Waals surface area contributed by atoms with Gasteiger partial charge in [0.1, 0.15) is 0 Å². The first-order valence-corrected chi connectivity index (χ1v) is 10.9. The number of fused-ring (bicyclic) bond motifs is 1. The summed E-state index contributed by atoms with van der Waals surface area (Å²) >= 11 is 1.91. The number of amides is 1. The maximum absolute atomic E-state index is 13.8. The number of nitrogens with zero attached hydrogens (tertiary/aromatic N) is 2. The van der Waals surface area contributed by atoms with E-state index in [9.17, 15) is 13.6 Å². The molecule has 2 heterocycles. The van der Waals surface area contributed by atoms with Gasteiger partial charge in [0, 0.05) is 24.6 Å². The van der Waals surface area contributed by atoms with E-state index in [0.717, 1.165) is 62.5 Å². The van der Waals surface area contributed by atoms with E-state index >= 15 is 0 Å². The maximum atomic E-state index is 13.8. The van der Waals surface area contributed by atoms with Crippen LogP contribution in [-0.4, -0.2) is 59.4 Å². The van der Waals surface area contributed by atoms with Crippen molar-refractivity contribution in [2.24, 2.45) is 0 Å². The molecule has 1 amide bonds. The molecule has 4 rings (SSSR count). The average molecular weight is 381 g/mol. The smallest absolute Gasteiger partial charge is 0.230 e. The molecule has 3 aliphatic rings. The van der Waals surface area contributed by atoms with Gasteiger partial charge in [0.05, 0.1) is 12.0 Å². The SMILES string of the molecule is O=C(C1CCCc2cc(F)c(F)cc21)N1CCSCC1CN1CCCC1. The summed E-state index contributed by atoms with van der Waals surface area (Å²) in [6.45, 7) is 3.95. The highest BCUT2D eigenvalue weighted by Gasteiger charge is 2.36. The van der Waals surface area contributed by atoms with E-state index in [-0.39, 0.29) is 17.9 Å². The Kier molecular flexibility index (Phi) is 5.50. The Bertz CT molecular complexity index is 678. The van der Waals surface area contributed by atoms with Crippen molar-refractivity contribution in [3.05, 3.63) is 34.9 Å². The first-order valence-electron chi connectivity index (χ1n) is 9.72. The Hall–Kier alpha value is -1.14. The van der Waals surface area contributed by atoms with E-state index in [2.05, 4.69) is 4.90 Å². The molecule has 142 valence electrons. The predicted octanol–water partition coefficient (Wildman–Crippen LogP) is 3.42. The third kappa shape index (κ3) is 3.63. The summed E-state index contributed by atoms with van der Waals surface area (Å²) in [5, 5.41) is 0. The lowest BCUT2D eigenvalue weighted by atomic mass is 9.81. The van der Waals surface area contributed by atoms with E-state index in [4.69, 9.17) is 0 Å². The Morgan fingerprint density at radius 3 is 2.69 bits per heavy atom. The topological polar surface area (TPSA) is 23.6 Å². The average Bonchev–Trinajstić information content (AvgIpc) is 3.15. The first kappa shape index (κ1) is 18.2.